The van der Waals surface area contributed by atoms with Crippen LogP contribution in [0.1, 0.15) is 158 Å². The molecule has 0 spiro atoms. The third-order valence-electron chi connectivity index (χ3n) is 24.8. The molecule has 1 aromatic heterocycles. The second-order valence-electron chi connectivity index (χ2n) is 30.8. The number of hydrogen-bond donors (Lipinski definition) is 0. The lowest BCUT2D eigenvalue weighted by atomic mass is 9.53. The van der Waals surface area contributed by atoms with E-state index in [9.17, 15) is 0 Å². The van der Waals surface area contributed by atoms with Gasteiger partial charge in [-0.15, -0.1) is 0 Å². The van der Waals surface area contributed by atoms with E-state index >= 15 is 17.6 Å². The van der Waals surface area contributed by atoms with Crippen LogP contribution in [0.25, 0.3) is 28.7 Å². The summed E-state index contributed by atoms with van der Waals surface area (Å²) in [5.74, 6) is 2.21. The molecule has 522 valence electrons. The topological polar surface area (TPSA) is 38.1 Å². The summed E-state index contributed by atoms with van der Waals surface area (Å²) >= 11 is 0. The lowest BCUT2D eigenvalue weighted by Crippen LogP contribution is -2.46. The van der Waals surface area contributed by atoms with Crippen LogP contribution in [0.5, 0.6) is 11.5 Å². The Labute approximate surface area is 604 Å². The first-order chi connectivity index (χ1) is 50.2. The Hall–Kier alpha value is -9.60. The zero-order valence-corrected chi connectivity index (χ0v) is 59.6. The summed E-state index contributed by atoms with van der Waals surface area (Å²) in [6.07, 6.45) is 50.2. The molecular formula is C94H90F4N2O3. The molecule has 10 atom stereocenters. The van der Waals surface area contributed by atoms with Crippen LogP contribution in [0.15, 0.2) is 302 Å². The Morgan fingerprint density at radius 3 is 2.18 bits per heavy atom. The van der Waals surface area contributed by atoms with Crippen molar-refractivity contribution in [3.05, 3.63) is 332 Å². The van der Waals surface area contributed by atoms with Crippen LogP contribution in [0.3, 0.4) is 0 Å². The monoisotopic (exact) mass is 1370 g/mol. The quantitative estimate of drug-likeness (QED) is 0.0727. The number of furan rings is 1. The molecule has 12 aliphatic carbocycles. The first kappa shape index (κ1) is 66.6. The van der Waals surface area contributed by atoms with Gasteiger partial charge in [-0.05, 0) is 248 Å². The first-order valence-electron chi connectivity index (χ1n) is 37.8. The van der Waals surface area contributed by atoms with Gasteiger partial charge in [0.2, 0.25) is 0 Å². The van der Waals surface area contributed by atoms with Gasteiger partial charge in [-0.3, -0.25) is 0 Å². The molecule has 0 saturated carbocycles. The molecule has 0 radical (unpaired) electrons. The second kappa shape index (κ2) is 26.9. The smallest absolute Gasteiger partial charge is 0.155 e. The van der Waals surface area contributed by atoms with Gasteiger partial charge >= 0.3 is 0 Å². The summed E-state index contributed by atoms with van der Waals surface area (Å²) < 4.78 is 83.4. The largest absolute Gasteiger partial charge is 0.491 e. The van der Waals surface area contributed by atoms with Crippen LogP contribution in [0, 0.1) is 23.7 Å². The van der Waals surface area contributed by atoms with E-state index in [1.54, 1.807) is 0 Å². The van der Waals surface area contributed by atoms with Gasteiger partial charge < -0.3 is 23.7 Å². The highest BCUT2D eigenvalue weighted by molar-refractivity contribution is 5.92. The lowest BCUT2D eigenvalue weighted by molar-refractivity contribution is 0.123. The zero-order chi connectivity index (χ0) is 70.4. The van der Waals surface area contributed by atoms with E-state index in [2.05, 4.69) is 196 Å². The molecule has 10 unspecified atom stereocenters. The van der Waals surface area contributed by atoms with E-state index in [0.717, 1.165) is 138 Å². The van der Waals surface area contributed by atoms with Crippen molar-refractivity contribution in [3.8, 4) is 11.5 Å². The normalized spacial score (nSPS) is 28.5. The third-order valence-corrected chi connectivity index (χ3v) is 24.8. The highest BCUT2D eigenvalue weighted by Crippen LogP contribution is 2.65. The van der Waals surface area contributed by atoms with Crippen molar-refractivity contribution in [1.82, 2.24) is 4.90 Å². The van der Waals surface area contributed by atoms with Gasteiger partial charge in [0.25, 0.3) is 0 Å². The fraction of sp³-hybridized carbons (Fsp3) is 0.319. The number of rotatable bonds is 16. The molecule has 1 heterocycles. The van der Waals surface area contributed by atoms with E-state index in [1.165, 1.54) is 73.4 Å². The van der Waals surface area contributed by atoms with E-state index in [4.69, 9.17) is 13.9 Å². The Bertz CT molecular complexity index is 4950. The molecule has 5 nitrogen and oxygen atoms in total. The van der Waals surface area contributed by atoms with Gasteiger partial charge in [-0.25, -0.2) is 17.6 Å². The number of allylic oxidation sites excluding steroid dienone is 28. The van der Waals surface area contributed by atoms with Gasteiger partial charge in [-0.1, -0.05) is 166 Å². The fourth-order valence-corrected chi connectivity index (χ4v) is 19.9. The minimum absolute atomic E-state index is 0.0104. The van der Waals surface area contributed by atoms with E-state index in [-0.39, 0.29) is 48.2 Å². The maximum atomic E-state index is 16.1. The standard InChI is InChI=1S/C94H90F4N2O3/c1-7-61-21-35-71(36-22-61)101-73-39-25-63(26-40-73)93(83-49-57(3)17-19-59(83)5)81-15-11-9-13-75(81)77-43-29-65(51-85(77)93)99(67-33-47-87(95)89(97)53-67)69-31-45-79-80-46-32-70(56-92(80)103-91(79)55-69)100(68-34-48-88(96)90(98)54-68)66-30-44-78-76-14-10-12-16-82(76)94(86(78)52-66,84-50-58(4)18-20-60(84)6)64-27-41-74(42-28-64)102-72-37-23-62(8-2)24-38-72/h7-9,11-13,15-16,18-19,21-24,27-28,31-35,37-39,41-42,45-47,50-52,54-55,57,60,63,67,70-71,83,88H,1-2,10,14,17,20,25-26,29-30,36,40,43-44,48-49,53,56H2,3-6H3. The van der Waals surface area contributed by atoms with Crippen LogP contribution in [-0.2, 0) is 22.0 Å². The predicted octanol–water partition coefficient (Wildman–Crippen LogP) is 24.9. The molecule has 9 heteroatoms. The molecule has 17 rings (SSSR count). The second-order valence-corrected chi connectivity index (χ2v) is 30.8. The molecule has 4 aromatic carbocycles. The van der Waals surface area contributed by atoms with Crippen LogP contribution in [0.2, 0.25) is 0 Å². The minimum atomic E-state index is -1.71. The van der Waals surface area contributed by atoms with E-state index in [0.29, 0.717) is 36.5 Å². The SMILES string of the molecule is C=CC1=CCC(OC2=CCC(C3(C4CC(C)CC=C4C)C4=C(CCC(N(c5ccc6c7c(oc6c5)CC(N(C5=CCC(F)C(F)=C5)C5=CC6=C(CC5)C5=C(C=CCC5)C6(C5=CC(C)=CCC5C)c5ccc(Oc6ccc(C=C)cc6)cc5)C=C7)C5C=CC(F)=C(F)C5)=C4)c4ccccc43)CC2)C=C1. The molecule has 12 aliphatic rings. The van der Waals surface area contributed by atoms with Crippen molar-refractivity contribution in [1.29, 1.82) is 0 Å². The average Bonchev–Trinajstić information content (AvgIpc) is 1.55. The summed E-state index contributed by atoms with van der Waals surface area (Å²) in [7, 11) is 0. The Kier molecular flexibility index (Phi) is 17.4. The number of anilines is 1. The fourth-order valence-electron chi connectivity index (χ4n) is 19.9. The van der Waals surface area contributed by atoms with Crippen molar-refractivity contribution < 1.29 is 31.5 Å². The number of hydrogen-bond acceptors (Lipinski definition) is 5. The Morgan fingerprint density at radius 2 is 1.42 bits per heavy atom. The van der Waals surface area contributed by atoms with Gasteiger partial charge in [0.05, 0.1) is 23.3 Å². The van der Waals surface area contributed by atoms with Crippen LogP contribution in [0.4, 0.5) is 23.2 Å². The summed E-state index contributed by atoms with van der Waals surface area (Å²) in [6.45, 7) is 17.2. The van der Waals surface area contributed by atoms with E-state index in [1.807, 2.05) is 48.6 Å². The van der Waals surface area contributed by atoms with Gasteiger partial charge in [0.1, 0.15) is 40.6 Å². The van der Waals surface area contributed by atoms with E-state index < -0.39 is 35.1 Å². The van der Waals surface area contributed by atoms with Crippen molar-refractivity contribution in [2.24, 2.45) is 23.7 Å². The van der Waals surface area contributed by atoms with Crippen molar-refractivity contribution in [2.45, 2.75) is 166 Å². The van der Waals surface area contributed by atoms with Crippen LogP contribution in [-0.4, -0.2) is 29.3 Å². The maximum Gasteiger partial charge on any atom is 0.155 e. The number of halogens is 4. The summed E-state index contributed by atoms with van der Waals surface area (Å²) in [6, 6.07) is 31.4. The van der Waals surface area contributed by atoms with Gasteiger partial charge in [0.15, 0.2) is 12.0 Å². The number of fused-ring (bicyclic) bond motifs is 6. The van der Waals surface area contributed by atoms with Crippen LogP contribution < -0.4 is 9.64 Å². The highest BCUT2D eigenvalue weighted by Gasteiger charge is 2.57. The summed E-state index contributed by atoms with van der Waals surface area (Å²) in [5.41, 5.74) is 22.4. The average molecular weight is 1370 g/mol. The molecule has 5 aromatic rings. The molecule has 103 heavy (non-hydrogen) atoms. The number of alkyl halides is 1. The maximum absolute atomic E-state index is 16.1. The van der Waals surface area contributed by atoms with Gasteiger partial charge in [-0.2, -0.15) is 0 Å². The summed E-state index contributed by atoms with van der Waals surface area (Å²) in [4.78, 5) is 4.55. The van der Waals surface area contributed by atoms with Gasteiger partial charge in [0, 0.05) is 77.3 Å². The molecule has 0 bridgehead atoms. The lowest BCUT2D eigenvalue weighted by Gasteiger charge is -2.50. The first-order valence-corrected chi connectivity index (χ1v) is 37.8. The van der Waals surface area contributed by atoms with Crippen molar-refractivity contribution in [2.75, 3.05) is 4.90 Å². The highest BCUT2D eigenvalue weighted by atomic mass is 19.2. The molecule has 0 amide bonds. The number of ether oxygens (including phenoxy) is 2. The van der Waals surface area contributed by atoms with Crippen molar-refractivity contribution >= 4 is 34.4 Å². The zero-order valence-electron chi connectivity index (χ0n) is 59.6. The summed E-state index contributed by atoms with van der Waals surface area (Å²) in [5, 5.41) is 0.945. The number of benzene rings is 4. The van der Waals surface area contributed by atoms with Crippen molar-refractivity contribution in [3.63, 3.8) is 0 Å². The van der Waals surface area contributed by atoms with Crippen LogP contribution >= 0.6 is 0 Å². The number of nitrogens with zero attached hydrogens (tertiary/aromatic N) is 2. The molecule has 0 saturated heterocycles. The Morgan fingerprint density at radius 1 is 0.650 bits per heavy atom. The molecule has 0 N–H and O–H groups in total. The predicted molar refractivity (Wildman–Crippen MR) is 411 cm³/mol. The molecule has 0 fully saturated rings. The minimum Gasteiger partial charge on any atom is -0.491 e. The third kappa shape index (κ3) is 11.5. The molecular weight excluding hydrogens is 1280 g/mol. The molecule has 0 aliphatic heterocycles. The Balaban J connectivity index is 0.741.